The number of nitrogens with zero attached hydrogens (tertiary/aromatic N) is 5. The molecule has 182 valence electrons. The number of likely N-dealkylation sites (tertiary alicyclic amines) is 1. The molecule has 1 atom stereocenters. The Labute approximate surface area is 201 Å². The summed E-state index contributed by atoms with van der Waals surface area (Å²) in [5, 5.41) is 15.9. The Bertz CT molecular complexity index is 1180. The van der Waals surface area contributed by atoms with Crippen molar-refractivity contribution in [2.24, 2.45) is 4.40 Å². The summed E-state index contributed by atoms with van der Waals surface area (Å²) in [6.07, 6.45) is 10.4. The second kappa shape index (κ2) is 9.14. The molecule has 0 amide bonds. The first kappa shape index (κ1) is 23.0. The van der Waals surface area contributed by atoms with Crippen LogP contribution in [-0.2, 0) is 35.9 Å². The Morgan fingerprint density at radius 3 is 2.38 bits per heavy atom. The third-order valence-corrected chi connectivity index (χ3v) is 8.51. The average Bonchev–Trinajstić information content (AvgIpc) is 3.44. The summed E-state index contributed by atoms with van der Waals surface area (Å²) in [6, 6.07) is 1.07. The Morgan fingerprint density at radius 2 is 1.76 bits per heavy atom. The van der Waals surface area contributed by atoms with Crippen LogP contribution < -0.4 is 14.7 Å². The first-order valence-electron chi connectivity index (χ1n) is 12.0. The highest BCUT2D eigenvalue weighted by Gasteiger charge is 2.33. The smallest absolute Gasteiger partial charge is 0.345 e. The number of benzene rings is 1. The van der Waals surface area contributed by atoms with Gasteiger partial charge in [0.1, 0.15) is 5.82 Å². The van der Waals surface area contributed by atoms with Crippen molar-refractivity contribution < 1.29 is 13.5 Å². The fraction of sp³-hybridized carbons (Fsp3) is 0.542. The van der Waals surface area contributed by atoms with E-state index >= 15 is 0 Å². The SMILES string of the molecule is Cc1ncc(N(C2CCCN(C)C2)S(=O)(=O)/N=C(\[O-])Nc2c3c(cc4c2CCC4)CCC3)cn1. The van der Waals surface area contributed by atoms with Crippen molar-refractivity contribution in [3.63, 3.8) is 0 Å². The third-order valence-electron chi connectivity index (χ3n) is 7.10. The van der Waals surface area contributed by atoms with Gasteiger partial charge >= 0.3 is 10.2 Å². The standard InChI is InChI=1S/C24H32N6O3S/c1-16-25-13-20(14-26-16)30(19-8-5-11-29(2)15-19)34(32,33)28-24(31)27-23-21-9-3-6-17(21)12-18-7-4-10-22(18)23/h12-14,19H,3-11,15H2,1-2H3,(H2,27,28,31)/p-1. The summed E-state index contributed by atoms with van der Waals surface area (Å²) in [7, 11) is -2.36. The molecule has 0 radical (unpaired) electrons. The van der Waals surface area contributed by atoms with Gasteiger partial charge in [0.05, 0.1) is 30.1 Å². The van der Waals surface area contributed by atoms with E-state index in [0.717, 1.165) is 68.3 Å². The van der Waals surface area contributed by atoms with Crippen molar-refractivity contribution in [1.29, 1.82) is 0 Å². The minimum atomic E-state index is -4.32. The normalized spacial score (nSPS) is 20.8. The van der Waals surface area contributed by atoms with Gasteiger partial charge in [-0.1, -0.05) is 6.07 Å². The molecule has 5 rings (SSSR count). The number of amidine groups is 1. The van der Waals surface area contributed by atoms with Gasteiger partial charge in [-0.15, -0.1) is 4.40 Å². The van der Waals surface area contributed by atoms with Crippen LogP contribution in [0.5, 0.6) is 0 Å². The van der Waals surface area contributed by atoms with E-state index < -0.39 is 16.2 Å². The van der Waals surface area contributed by atoms with Crippen LogP contribution in [0.15, 0.2) is 22.9 Å². The Morgan fingerprint density at radius 1 is 1.12 bits per heavy atom. The van der Waals surface area contributed by atoms with Crippen LogP contribution in [0, 0.1) is 6.92 Å². The molecule has 1 aliphatic heterocycles. The molecule has 2 heterocycles. The summed E-state index contributed by atoms with van der Waals surface area (Å²) in [5.74, 6) is 0.545. The molecule has 1 aromatic carbocycles. The fourth-order valence-corrected chi connectivity index (χ4v) is 6.86. The van der Waals surface area contributed by atoms with Crippen molar-refractivity contribution in [3.8, 4) is 0 Å². The van der Waals surface area contributed by atoms with Crippen LogP contribution in [0.1, 0.15) is 53.8 Å². The molecule has 0 saturated carbocycles. The topological polar surface area (TPSA) is 114 Å². The Kier molecular flexibility index (Phi) is 6.20. The Balaban J connectivity index is 1.49. The molecule has 1 N–H and O–H groups in total. The summed E-state index contributed by atoms with van der Waals surface area (Å²) < 4.78 is 32.0. The molecule has 3 aliphatic rings. The van der Waals surface area contributed by atoms with Crippen molar-refractivity contribution in [2.45, 2.75) is 64.3 Å². The molecule has 2 aliphatic carbocycles. The largest absolute Gasteiger partial charge is 0.845 e. The van der Waals surface area contributed by atoms with Crippen LogP contribution in [0.4, 0.5) is 11.4 Å². The summed E-state index contributed by atoms with van der Waals surface area (Å²) in [4.78, 5) is 10.4. The van der Waals surface area contributed by atoms with Gasteiger partial charge in [-0.3, -0.25) is 0 Å². The molecule has 2 aromatic rings. The summed E-state index contributed by atoms with van der Waals surface area (Å²) >= 11 is 0. The van der Waals surface area contributed by atoms with Crippen molar-refractivity contribution in [1.82, 2.24) is 14.9 Å². The highest BCUT2D eigenvalue weighted by molar-refractivity contribution is 7.91. The molecule has 1 saturated heterocycles. The minimum Gasteiger partial charge on any atom is -0.845 e. The number of likely N-dealkylation sites (N-methyl/N-ethyl adjacent to an activating group) is 1. The Hall–Kier alpha value is -2.72. The lowest BCUT2D eigenvalue weighted by atomic mass is 9.99. The second-order valence-electron chi connectivity index (χ2n) is 9.58. The molecule has 0 spiro atoms. The van der Waals surface area contributed by atoms with E-state index in [1.807, 2.05) is 7.05 Å². The minimum absolute atomic E-state index is 0.323. The monoisotopic (exact) mass is 483 g/mol. The predicted molar refractivity (Wildman–Crippen MR) is 130 cm³/mol. The number of aryl methyl sites for hydroxylation is 3. The van der Waals surface area contributed by atoms with Crippen molar-refractivity contribution in [3.05, 3.63) is 46.5 Å². The number of hydrogen-bond acceptors (Lipinski definition) is 6. The summed E-state index contributed by atoms with van der Waals surface area (Å²) in [6.45, 7) is 3.19. The zero-order valence-electron chi connectivity index (χ0n) is 19.7. The lowest BCUT2D eigenvalue weighted by Crippen LogP contribution is -2.49. The van der Waals surface area contributed by atoms with E-state index in [2.05, 4.69) is 30.6 Å². The zero-order valence-corrected chi connectivity index (χ0v) is 20.6. The first-order valence-corrected chi connectivity index (χ1v) is 13.4. The van der Waals surface area contributed by atoms with Gasteiger partial charge in [0, 0.05) is 12.2 Å². The van der Waals surface area contributed by atoms with Gasteiger partial charge in [-0.25, -0.2) is 14.3 Å². The molecule has 10 heteroatoms. The zero-order chi connectivity index (χ0) is 23.9. The van der Waals surface area contributed by atoms with E-state index in [1.54, 1.807) is 6.92 Å². The van der Waals surface area contributed by atoms with Crippen molar-refractivity contribution >= 4 is 27.6 Å². The number of rotatable bonds is 5. The van der Waals surface area contributed by atoms with E-state index in [1.165, 1.54) is 27.8 Å². The maximum Gasteiger partial charge on any atom is 0.345 e. The van der Waals surface area contributed by atoms with Gasteiger partial charge in [0.25, 0.3) is 0 Å². The van der Waals surface area contributed by atoms with Gasteiger partial charge in [0.2, 0.25) is 0 Å². The van der Waals surface area contributed by atoms with Crippen LogP contribution in [0.3, 0.4) is 0 Å². The quantitative estimate of drug-likeness (QED) is 0.509. The number of nitrogens with one attached hydrogen (secondary N) is 1. The number of piperidine rings is 1. The van der Waals surface area contributed by atoms with Gasteiger partial charge < -0.3 is 15.3 Å². The fourth-order valence-electron chi connectivity index (χ4n) is 5.61. The van der Waals surface area contributed by atoms with Crippen LogP contribution in [0.2, 0.25) is 0 Å². The van der Waals surface area contributed by atoms with Crippen molar-refractivity contribution in [2.75, 3.05) is 29.8 Å². The summed E-state index contributed by atoms with van der Waals surface area (Å²) in [5.41, 5.74) is 5.92. The molecule has 1 unspecified atom stereocenters. The maximum absolute atomic E-state index is 13.5. The van der Waals surface area contributed by atoms with E-state index in [9.17, 15) is 13.5 Å². The maximum atomic E-state index is 13.5. The lowest BCUT2D eigenvalue weighted by Gasteiger charge is -2.37. The van der Waals surface area contributed by atoms with Gasteiger partial charge in [0.15, 0.2) is 0 Å². The highest BCUT2D eigenvalue weighted by Crippen LogP contribution is 2.38. The third kappa shape index (κ3) is 4.48. The molecule has 9 nitrogen and oxygen atoms in total. The highest BCUT2D eigenvalue weighted by atomic mass is 32.2. The molecule has 34 heavy (non-hydrogen) atoms. The van der Waals surface area contributed by atoms with Gasteiger partial charge in [-0.2, -0.15) is 8.42 Å². The average molecular weight is 484 g/mol. The van der Waals surface area contributed by atoms with Crippen LogP contribution >= 0.6 is 0 Å². The lowest BCUT2D eigenvalue weighted by molar-refractivity contribution is -0.213. The van der Waals surface area contributed by atoms with E-state index in [0.29, 0.717) is 24.5 Å². The predicted octanol–water partition coefficient (Wildman–Crippen LogP) is 1.74. The van der Waals surface area contributed by atoms with E-state index in [-0.39, 0.29) is 6.04 Å². The molecule has 0 bridgehead atoms. The van der Waals surface area contributed by atoms with Crippen LogP contribution in [0.25, 0.3) is 0 Å². The van der Waals surface area contributed by atoms with Crippen LogP contribution in [-0.4, -0.2) is 55.5 Å². The molecule has 1 aromatic heterocycles. The number of aromatic nitrogens is 2. The molecule has 1 fully saturated rings. The number of anilines is 2. The number of hydrogen-bond donors (Lipinski definition) is 1. The molecular formula is C24H31N6O3S-. The molecular weight excluding hydrogens is 452 g/mol. The second-order valence-corrected chi connectivity index (χ2v) is 11.0. The first-order chi connectivity index (χ1) is 16.3. The van der Waals surface area contributed by atoms with E-state index in [4.69, 9.17) is 0 Å². The number of fused-ring (bicyclic) bond motifs is 2. The van der Waals surface area contributed by atoms with Gasteiger partial charge in [-0.05, 0) is 94.1 Å².